The van der Waals surface area contributed by atoms with E-state index in [-0.39, 0.29) is 46.3 Å². The topological polar surface area (TPSA) is 75.6 Å². The van der Waals surface area contributed by atoms with Gasteiger partial charge in [-0.25, -0.2) is 9.97 Å². The minimum atomic E-state index is -4.44. The highest BCUT2D eigenvalue weighted by Crippen LogP contribution is 2.31. The van der Waals surface area contributed by atoms with E-state index in [0.29, 0.717) is 11.1 Å². The molecule has 0 spiro atoms. The summed E-state index contributed by atoms with van der Waals surface area (Å²) in [5, 5.41) is 5.57. The number of aromatic nitrogens is 4. The summed E-state index contributed by atoms with van der Waals surface area (Å²) in [4.78, 5) is 16.4. The molecule has 0 unspecified atom stereocenters. The number of anilines is 2. The van der Waals surface area contributed by atoms with Crippen molar-refractivity contribution in [2.45, 2.75) is 25.4 Å². The van der Waals surface area contributed by atoms with Gasteiger partial charge in [-0.15, -0.1) is 0 Å². The van der Waals surface area contributed by atoms with E-state index in [1.165, 1.54) is 24.3 Å². The van der Waals surface area contributed by atoms with E-state index in [1.54, 1.807) is 0 Å². The average molecular weight is 547 g/mol. The van der Waals surface area contributed by atoms with Crippen LogP contribution in [-0.4, -0.2) is 19.9 Å². The number of benzene rings is 2. The standard InChI is InChI=1S/C22H14Cl2F6N6/c23-19-34-16-15(17(35-19)31-9-11-1-5-13(6-2-11)21(25,26)27)33-20(24)36-18(16)32-10-12-3-7-14(8-4-12)22(28,29)30/h1-8H,9-10H2,(H,31,34,35)(H,32,33,36). The second-order valence-electron chi connectivity index (χ2n) is 7.48. The van der Waals surface area contributed by atoms with Crippen molar-refractivity contribution in [3.8, 4) is 0 Å². The van der Waals surface area contributed by atoms with Crippen LogP contribution >= 0.6 is 23.2 Å². The van der Waals surface area contributed by atoms with Gasteiger partial charge in [-0.3, -0.25) is 0 Å². The van der Waals surface area contributed by atoms with Crippen molar-refractivity contribution in [2.24, 2.45) is 0 Å². The Bertz CT molecular complexity index is 1270. The smallest absolute Gasteiger partial charge is 0.364 e. The maximum absolute atomic E-state index is 12.8. The summed E-state index contributed by atoms with van der Waals surface area (Å²) in [6, 6.07) is 9.13. The first-order valence-corrected chi connectivity index (χ1v) is 10.9. The van der Waals surface area contributed by atoms with Gasteiger partial charge in [0.05, 0.1) is 11.1 Å². The number of halogens is 8. The third kappa shape index (κ3) is 6.05. The van der Waals surface area contributed by atoms with Crippen LogP contribution in [0.4, 0.5) is 38.0 Å². The van der Waals surface area contributed by atoms with Crippen LogP contribution < -0.4 is 10.6 Å². The molecule has 2 heterocycles. The van der Waals surface area contributed by atoms with Crippen LogP contribution in [0.25, 0.3) is 11.0 Å². The summed E-state index contributed by atoms with van der Waals surface area (Å²) >= 11 is 12.1. The predicted octanol–water partition coefficient (Wildman–Crippen LogP) is 6.99. The van der Waals surface area contributed by atoms with Gasteiger partial charge in [0.2, 0.25) is 10.6 Å². The number of rotatable bonds is 6. The highest BCUT2D eigenvalue weighted by atomic mass is 35.5. The number of hydrogen-bond acceptors (Lipinski definition) is 6. The molecule has 14 heteroatoms. The third-order valence-electron chi connectivity index (χ3n) is 4.97. The fourth-order valence-corrected chi connectivity index (χ4v) is 3.54. The number of hydrogen-bond donors (Lipinski definition) is 2. The molecule has 2 N–H and O–H groups in total. The normalized spacial score (nSPS) is 12.1. The van der Waals surface area contributed by atoms with E-state index in [2.05, 4.69) is 30.6 Å². The molecule has 0 atom stereocenters. The zero-order valence-corrected chi connectivity index (χ0v) is 19.4. The van der Waals surface area contributed by atoms with Gasteiger partial charge in [-0.1, -0.05) is 24.3 Å². The molecule has 2 aromatic heterocycles. The molecular formula is C22H14Cl2F6N6. The minimum absolute atomic E-state index is 0.0938. The van der Waals surface area contributed by atoms with Crippen LogP contribution in [0.2, 0.25) is 10.6 Å². The summed E-state index contributed by atoms with van der Waals surface area (Å²) in [7, 11) is 0. The van der Waals surface area contributed by atoms with Crippen molar-refractivity contribution in [3.63, 3.8) is 0 Å². The van der Waals surface area contributed by atoms with Crippen LogP contribution in [0.15, 0.2) is 48.5 Å². The Kier molecular flexibility index (Phi) is 7.10. The van der Waals surface area contributed by atoms with Gasteiger partial charge >= 0.3 is 12.4 Å². The zero-order chi connectivity index (χ0) is 26.1. The van der Waals surface area contributed by atoms with Crippen molar-refractivity contribution in [3.05, 3.63) is 81.4 Å². The van der Waals surface area contributed by atoms with Crippen molar-refractivity contribution in [1.82, 2.24) is 19.9 Å². The Balaban J connectivity index is 1.56. The third-order valence-corrected chi connectivity index (χ3v) is 5.31. The molecular weight excluding hydrogens is 533 g/mol. The van der Waals surface area contributed by atoms with E-state index >= 15 is 0 Å². The van der Waals surface area contributed by atoms with Crippen molar-refractivity contribution in [2.75, 3.05) is 10.6 Å². The monoisotopic (exact) mass is 546 g/mol. The van der Waals surface area contributed by atoms with Gasteiger partial charge in [-0.2, -0.15) is 36.3 Å². The fraction of sp³-hybridized carbons (Fsp3) is 0.182. The van der Waals surface area contributed by atoms with Crippen LogP contribution in [-0.2, 0) is 25.4 Å². The van der Waals surface area contributed by atoms with Crippen molar-refractivity contribution < 1.29 is 26.3 Å². The molecule has 2 aromatic carbocycles. The molecule has 0 radical (unpaired) electrons. The van der Waals surface area contributed by atoms with Gasteiger partial charge in [0.15, 0.2) is 11.6 Å². The number of nitrogens with one attached hydrogen (secondary N) is 2. The molecule has 0 aliphatic carbocycles. The second kappa shape index (κ2) is 9.94. The fourth-order valence-electron chi connectivity index (χ4n) is 3.20. The van der Waals surface area contributed by atoms with Crippen LogP contribution in [0.5, 0.6) is 0 Å². The molecule has 4 aromatic rings. The summed E-state index contributed by atoms with van der Waals surface area (Å²) in [5.41, 5.74) is -0.115. The van der Waals surface area contributed by atoms with Crippen LogP contribution in [0, 0.1) is 0 Å². The number of nitrogens with zero attached hydrogens (tertiary/aromatic N) is 4. The van der Waals surface area contributed by atoms with Crippen molar-refractivity contribution in [1.29, 1.82) is 0 Å². The number of alkyl halides is 6. The Morgan fingerprint density at radius 2 is 0.889 bits per heavy atom. The Morgan fingerprint density at radius 3 is 1.19 bits per heavy atom. The first-order valence-electron chi connectivity index (χ1n) is 10.1. The first kappa shape index (κ1) is 25.7. The Hall–Kier alpha value is -3.38. The summed E-state index contributed by atoms with van der Waals surface area (Å²) in [6.07, 6.45) is -8.89. The van der Waals surface area contributed by atoms with E-state index in [0.717, 1.165) is 24.3 Å². The Morgan fingerprint density at radius 1 is 0.556 bits per heavy atom. The molecule has 0 bridgehead atoms. The SMILES string of the molecule is FC(F)(F)c1ccc(CNc2nc(Cl)nc3c(NCc4ccc(C(F)(F)F)cc4)nc(Cl)nc23)cc1. The largest absolute Gasteiger partial charge is 0.416 e. The lowest BCUT2D eigenvalue weighted by Gasteiger charge is -2.13. The second-order valence-corrected chi connectivity index (χ2v) is 8.15. The maximum Gasteiger partial charge on any atom is 0.416 e. The first-order chi connectivity index (χ1) is 16.9. The summed E-state index contributed by atoms with van der Waals surface area (Å²) in [5.74, 6) is 0.318. The molecule has 188 valence electrons. The lowest BCUT2D eigenvalue weighted by Crippen LogP contribution is -2.09. The highest BCUT2D eigenvalue weighted by molar-refractivity contribution is 6.30. The number of fused-ring (bicyclic) bond motifs is 1. The van der Waals surface area contributed by atoms with E-state index < -0.39 is 23.5 Å². The maximum atomic E-state index is 12.8. The molecule has 0 saturated heterocycles. The Labute approximate surface area is 209 Å². The summed E-state index contributed by atoms with van der Waals surface area (Å²) < 4.78 is 76.7. The molecule has 6 nitrogen and oxygen atoms in total. The molecule has 36 heavy (non-hydrogen) atoms. The van der Waals surface area contributed by atoms with Crippen LogP contribution in [0.1, 0.15) is 22.3 Å². The van der Waals surface area contributed by atoms with Gasteiger partial charge in [0.1, 0.15) is 11.0 Å². The van der Waals surface area contributed by atoms with E-state index in [9.17, 15) is 26.3 Å². The van der Waals surface area contributed by atoms with E-state index in [4.69, 9.17) is 23.2 Å². The molecule has 0 fully saturated rings. The quantitative estimate of drug-likeness (QED) is 0.200. The average Bonchev–Trinajstić information content (AvgIpc) is 2.81. The lowest BCUT2D eigenvalue weighted by atomic mass is 10.1. The predicted molar refractivity (Wildman–Crippen MR) is 123 cm³/mol. The highest BCUT2D eigenvalue weighted by Gasteiger charge is 2.30. The van der Waals surface area contributed by atoms with Gasteiger partial charge in [-0.05, 0) is 58.6 Å². The lowest BCUT2D eigenvalue weighted by molar-refractivity contribution is -0.138. The molecule has 0 aliphatic rings. The molecule has 0 aliphatic heterocycles. The molecule has 0 amide bonds. The minimum Gasteiger partial charge on any atom is -0.364 e. The zero-order valence-electron chi connectivity index (χ0n) is 17.8. The van der Waals surface area contributed by atoms with Gasteiger partial charge < -0.3 is 10.6 Å². The van der Waals surface area contributed by atoms with Crippen LogP contribution in [0.3, 0.4) is 0 Å². The molecule has 0 saturated carbocycles. The summed E-state index contributed by atoms with van der Waals surface area (Å²) in [6.45, 7) is 0.188. The van der Waals surface area contributed by atoms with Gasteiger partial charge in [0.25, 0.3) is 0 Å². The van der Waals surface area contributed by atoms with E-state index in [1.807, 2.05) is 0 Å². The molecule has 4 rings (SSSR count). The van der Waals surface area contributed by atoms with Crippen molar-refractivity contribution >= 4 is 45.9 Å². The van der Waals surface area contributed by atoms with Gasteiger partial charge in [0, 0.05) is 13.1 Å².